The van der Waals surface area contributed by atoms with E-state index in [1.165, 1.54) is 5.69 Å². The van der Waals surface area contributed by atoms with Crippen LogP contribution >= 0.6 is 24.0 Å². The van der Waals surface area contributed by atoms with Crippen LogP contribution in [0, 0.1) is 0 Å². The number of hydrogen-bond donors (Lipinski definition) is 2. The summed E-state index contributed by atoms with van der Waals surface area (Å²) in [6.45, 7) is 10.3. The summed E-state index contributed by atoms with van der Waals surface area (Å²) in [5.74, 6) is 0.896. The van der Waals surface area contributed by atoms with Crippen LogP contribution in [0.2, 0.25) is 0 Å². The topological polar surface area (TPSA) is 52.1 Å². The molecule has 0 spiro atoms. The zero-order valence-corrected chi connectivity index (χ0v) is 17.7. The maximum Gasteiger partial charge on any atom is 0.191 e. The van der Waals surface area contributed by atoms with E-state index in [0.717, 1.165) is 65.0 Å². The summed E-state index contributed by atoms with van der Waals surface area (Å²) < 4.78 is 5.37. The Hall–Kier alpha value is -1.06. The van der Waals surface area contributed by atoms with Crippen LogP contribution in [0.5, 0.6) is 0 Å². The van der Waals surface area contributed by atoms with Crippen LogP contribution in [0.15, 0.2) is 35.3 Å². The second kappa shape index (κ2) is 13.2. The van der Waals surface area contributed by atoms with Gasteiger partial charge in [-0.15, -0.1) is 24.0 Å². The first-order chi connectivity index (χ1) is 11.8. The van der Waals surface area contributed by atoms with Gasteiger partial charge >= 0.3 is 0 Å². The zero-order valence-electron chi connectivity index (χ0n) is 15.4. The Labute approximate surface area is 169 Å². The first-order valence-electron chi connectivity index (χ1n) is 8.88. The van der Waals surface area contributed by atoms with E-state index in [4.69, 9.17) is 4.74 Å². The number of aliphatic imine (C=N–C) groups is 1. The standard InChI is InChI=1S/C18H31N5O.HI/c1-3-19-18(21-10-12-23-13-15-24-16-14-23)20-9-11-22(2)17-7-5-4-6-8-17;/h4-8H,3,9-16H2,1-2H3,(H2,19,20,21);1H. The van der Waals surface area contributed by atoms with E-state index < -0.39 is 0 Å². The average molecular weight is 461 g/mol. The van der Waals surface area contributed by atoms with Crippen molar-refractivity contribution in [1.29, 1.82) is 0 Å². The monoisotopic (exact) mass is 461 g/mol. The molecule has 6 nitrogen and oxygen atoms in total. The van der Waals surface area contributed by atoms with Gasteiger partial charge < -0.3 is 20.3 Å². The van der Waals surface area contributed by atoms with Crippen molar-refractivity contribution in [2.24, 2.45) is 4.99 Å². The Morgan fingerprint density at radius 2 is 1.92 bits per heavy atom. The third-order valence-corrected chi connectivity index (χ3v) is 4.07. The molecule has 0 aromatic heterocycles. The fourth-order valence-corrected chi connectivity index (χ4v) is 2.62. The number of benzene rings is 1. The van der Waals surface area contributed by atoms with Crippen LogP contribution in [-0.4, -0.2) is 76.9 Å². The fraction of sp³-hybridized carbons (Fsp3) is 0.611. The highest BCUT2D eigenvalue weighted by Gasteiger charge is 2.09. The summed E-state index contributed by atoms with van der Waals surface area (Å²) in [5, 5.41) is 6.72. The van der Waals surface area contributed by atoms with Crippen molar-refractivity contribution in [2.75, 3.05) is 71.0 Å². The molecule has 1 aromatic rings. The molecule has 0 bridgehead atoms. The van der Waals surface area contributed by atoms with Gasteiger partial charge in [0.2, 0.25) is 0 Å². The minimum Gasteiger partial charge on any atom is -0.379 e. The predicted octanol–water partition coefficient (Wildman–Crippen LogP) is 1.63. The Bertz CT molecular complexity index is 480. The molecule has 1 fully saturated rings. The number of morpholine rings is 1. The second-order valence-electron chi connectivity index (χ2n) is 5.90. The molecule has 0 unspecified atom stereocenters. The molecule has 1 aromatic carbocycles. The van der Waals surface area contributed by atoms with E-state index in [2.05, 4.69) is 63.7 Å². The molecule has 1 saturated heterocycles. The molecule has 0 radical (unpaired) electrons. The third kappa shape index (κ3) is 8.73. The van der Waals surface area contributed by atoms with Crippen molar-refractivity contribution in [3.8, 4) is 0 Å². The Balaban J connectivity index is 0.00000312. The SMILES string of the molecule is CCNC(=NCCN1CCOCC1)NCCN(C)c1ccccc1.I. The molecule has 0 atom stereocenters. The van der Waals surface area contributed by atoms with Gasteiger partial charge in [0.25, 0.3) is 0 Å². The van der Waals surface area contributed by atoms with Crippen molar-refractivity contribution >= 4 is 35.6 Å². The van der Waals surface area contributed by atoms with Gasteiger partial charge in [-0.2, -0.15) is 0 Å². The summed E-state index contributed by atoms with van der Waals surface area (Å²) >= 11 is 0. The Morgan fingerprint density at radius 3 is 2.60 bits per heavy atom. The van der Waals surface area contributed by atoms with Gasteiger partial charge in [-0.1, -0.05) is 18.2 Å². The van der Waals surface area contributed by atoms with Gasteiger partial charge in [-0.05, 0) is 19.1 Å². The first kappa shape index (κ1) is 22.0. The molecule has 142 valence electrons. The number of guanidine groups is 1. The van der Waals surface area contributed by atoms with E-state index in [1.54, 1.807) is 0 Å². The molecule has 0 aliphatic carbocycles. The van der Waals surface area contributed by atoms with Crippen molar-refractivity contribution < 1.29 is 4.74 Å². The Morgan fingerprint density at radius 1 is 1.20 bits per heavy atom. The van der Waals surface area contributed by atoms with Crippen molar-refractivity contribution in [3.63, 3.8) is 0 Å². The number of para-hydroxylation sites is 1. The molecular formula is C18H32IN5O. The number of halogens is 1. The van der Waals surface area contributed by atoms with Crippen molar-refractivity contribution in [3.05, 3.63) is 30.3 Å². The van der Waals surface area contributed by atoms with Crippen LogP contribution in [-0.2, 0) is 4.74 Å². The molecule has 0 amide bonds. The fourth-order valence-electron chi connectivity index (χ4n) is 2.62. The van der Waals surface area contributed by atoms with Gasteiger partial charge in [0.05, 0.1) is 19.8 Å². The van der Waals surface area contributed by atoms with Crippen LogP contribution in [0.1, 0.15) is 6.92 Å². The van der Waals surface area contributed by atoms with Crippen molar-refractivity contribution in [1.82, 2.24) is 15.5 Å². The van der Waals surface area contributed by atoms with E-state index in [0.29, 0.717) is 0 Å². The van der Waals surface area contributed by atoms with E-state index >= 15 is 0 Å². The van der Waals surface area contributed by atoms with E-state index in [9.17, 15) is 0 Å². The highest BCUT2D eigenvalue weighted by molar-refractivity contribution is 14.0. The van der Waals surface area contributed by atoms with Gasteiger partial charge in [-0.25, -0.2) is 0 Å². The number of hydrogen-bond acceptors (Lipinski definition) is 4. The summed E-state index contributed by atoms with van der Waals surface area (Å²) in [6.07, 6.45) is 0. The minimum atomic E-state index is 0. The quantitative estimate of drug-likeness (QED) is 0.350. The highest BCUT2D eigenvalue weighted by Crippen LogP contribution is 2.09. The summed E-state index contributed by atoms with van der Waals surface area (Å²) in [7, 11) is 2.11. The van der Waals surface area contributed by atoms with Crippen molar-refractivity contribution in [2.45, 2.75) is 6.92 Å². The Kier molecular flexibility index (Phi) is 11.6. The number of likely N-dealkylation sites (N-methyl/N-ethyl adjacent to an activating group) is 1. The van der Waals surface area contributed by atoms with Crippen LogP contribution < -0.4 is 15.5 Å². The van der Waals surface area contributed by atoms with Crippen LogP contribution in [0.25, 0.3) is 0 Å². The predicted molar refractivity (Wildman–Crippen MR) is 116 cm³/mol. The highest BCUT2D eigenvalue weighted by atomic mass is 127. The van der Waals surface area contributed by atoms with Gasteiger partial charge in [0.1, 0.15) is 0 Å². The number of rotatable bonds is 8. The summed E-state index contributed by atoms with van der Waals surface area (Å²) in [6, 6.07) is 10.4. The lowest BCUT2D eigenvalue weighted by Crippen LogP contribution is -2.42. The maximum atomic E-state index is 5.37. The lowest BCUT2D eigenvalue weighted by atomic mass is 10.3. The smallest absolute Gasteiger partial charge is 0.191 e. The lowest BCUT2D eigenvalue weighted by molar-refractivity contribution is 0.0394. The first-order valence-corrected chi connectivity index (χ1v) is 8.88. The molecule has 25 heavy (non-hydrogen) atoms. The third-order valence-electron chi connectivity index (χ3n) is 4.07. The second-order valence-corrected chi connectivity index (χ2v) is 5.90. The average Bonchev–Trinajstić information content (AvgIpc) is 2.63. The van der Waals surface area contributed by atoms with Crippen LogP contribution in [0.4, 0.5) is 5.69 Å². The number of nitrogens with zero attached hydrogens (tertiary/aromatic N) is 3. The van der Waals surface area contributed by atoms with E-state index in [1.807, 2.05) is 6.07 Å². The van der Waals surface area contributed by atoms with Gasteiger partial charge in [0, 0.05) is 52.0 Å². The number of anilines is 1. The normalized spacial score (nSPS) is 15.4. The summed E-state index contributed by atoms with van der Waals surface area (Å²) in [4.78, 5) is 9.31. The van der Waals surface area contributed by atoms with Gasteiger partial charge in [-0.3, -0.25) is 9.89 Å². The number of ether oxygens (including phenoxy) is 1. The molecule has 1 aliphatic rings. The van der Waals surface area contributed by atoms with E-state index in [-0.39, 0.29) is 24.0 Å². The molecule has 0 saturated carbocycles. The maximum absolute atomic E-state index is 5.37. The van der Waals surface area contributed by atoms with Crippen LogP contribution in [0.3, 0.4) is 0 Å². The molecule has 1 aliphatic heterocycles. The van der Waals surface area contributed by atoms with Gasteiger partial charge in [0.15, 0.2) is 5.96 Å². The zero-order chi connectivity index (χ0) is 17.0. The molecular weight excluding hydrogens is 429 g/mol. The molecule has 2 N–H and O–H groups in total. The number of nitrogens with one attached hydrogen (secondary N) is 2. The molecule has 2 rings (SSSR count). The summed E-state index contributed by atoms with van der Waals surface area (Å²) in [5.41, 5.74) is 1.23. The largest absolute Gasteiger partial charge is 0.379 e. The molecule has 1 heterocycles. The lowest BCUT2D eigenvalue weighted by Gasteiger charge is -2.26. The molecule has 7 heteroatoms. The minimum absolute atomic E-state index is 0.